The monoisotopic (exact) mass is 327 g/mol. The molecule has 0 radical (unpaired) electrons. The van der Waals surface area contributed by atoms with E-state index in [9.17, 15) is 4.79 Å². The van der Waals surface area contributed by atoms with Crippen LogP contribution in [-0.2, 0) is 19.4 Å². The van der Waals surface area contributed by atoms with Gasteiger partial charge in [-0.2, -0.15) is 0 Å². The highest BCUT2D eigenvalue weighted by molar-refractivity contribution is 5.32. The molecule has 3 heterocycles. The number of pyridine rings is 1. The molecule has 2 aromatic heterocycles. The molecule has 0 aliphatic carbocycles. The lowest BCUT2D eigenvalue weighted by molar-refractivity contribution is 0.275. The second-order valence-electron chi connectivity index (χ2n) is 6.76. The number of hydrogen-bond donors (Lipinski definition) is 1. The van der Waals surface area contributed by atoms with E-state index in [2.05, 4.69) is 39.8 Å². The number of nitrogens with one attached hydrogen (secondary N) is 1. The molecule has 6 heteroatoms. The lowest BCUT2D eigenvalue weighted by Gasteiger charge is -2.20. The fourth-order valence-electron chi connectivity index (χ4n) is 3.13. The molecular weight excluding hydrogens is 302 g/mol. The van der Waals surface area contributed by atoms with Gasteiger partial charge in [0.2, 0.25) is 5.95 Å². The minimum atomic E-state index is -0.00445. The Hall–Kier alpha value is -2.21. The fourth-order valence-corrected chi connectivity index (χ4v) is 3.13. The molecule has 1 aliphatic heterocycles. The molecule has 0 unspecified atom stereocenters. The van der Waals surface area contributed by atoms with E-state index >= 15 is 0 Å². The summed E-state index contributed by atoms with van der Waals surface area (Å²) < 4.78 is 0. The number of aromatic amines is 1. The average molecular weight is 327 g/mol. The molecule has 0 spiro atoms. The molecule has 0 fully saturated rings. The Morgan fingerprint density at radius 2 is 2.00 bits per heavy atom. The van der Waals surface area contributed by atoms with Crippen LogP contribution >= 0.6 is 0 Å². The maximum Gasteiger partial charge on any atom is 0.255 e. The van der Waals surface area contributed by atoms with Gasteiger partial charge in [0.15, 0.2) is 0 Å². The van der Waals surface area contributed by atoms with Crippen LogP contribution in [0.3, 0.4) is 0 Å². The molecule has 24 heavy (non-hydrogen) atoms. The van der Waals surface area contributed by atoms with Crippen LogP contribution in [0.5, 0.6) is 0 Å². The van der Waals surface area contributed by atoms with Crippen molar-refractivity contribution >= 4 is 5.95 Å². The zero-order chi connectivity index (χ0) is 17.3. The van der Waals surface area contributed by atoms with Gasteiger partial charge < -0.3 is 4.90 Å². The van der Waals surface area contributed by atoms with Crippen LogP contribution in [0.1, 0.15) is 28.1 Å². The molecule has 3 rings (SSSR count). The van der Waals surface area contributed by atoms with Crippen LogP contribution in [-0.4, -0.2) is 47.0 Å². The van der Waals surface area contributed by atoms with E-state index in [1.807, 2.05) is 25.2 Å². The molecule has 0 bridgehead atoms. The summed E-state index contributed by atoms with van der Waals surface area (Å²) in [6.07, 6.45) is 3.45. The molecule has 128 valence electrons. The van der Waals surface area contributed by atoms with Crippen LogP contribution < -0.4 is 10.5 Å². The number of rotatable bonds is 3. The summed E-state index contributed by atoms with van der Waals surface area (Å²) in [4.78, 5) is 28.6. The minimum absolute atomic E-state index is 0.00445. The molecule has 0 saturated carbocycles. The van der Waals surface area contributed by atoms with Gasteiger partial charge in [-0.05, 0) is 31.4 Å². The summed E-state index contributed by atoms with van der Waals surface area (Å²) in [5, 5.41) is 0. The molecule has 0 saturated heterocycles. The highest BCUT2D eigenvalue weighted by Gasteiger charge is 2.19. The van der Waals surface area contributed by atoms with Crippen molar-refractivity contribution in [1.29, 1.82) is 0 Å². The maximum absolute atomic E-state index is 12.3. The summed E-state index contributed by atoms with van der Waals surface area (Å²) in [5.74, 6) is 0.628. The molecule has 0 amide bonds. The second kappa shape index (κ2) is 6.73. The molecule has 2 aromatic rings. The number of nitrogens with zero attached hydrogens (tertiary/aromatic N) is 4. The third-order valence-electron chi connectivity index (χ3n) is 4.55. The number of H-pyrrole nitrogens is 1. The van der Waals surface area contributed by atoms with Crippen molar-refractivity contribution in [3.05, 3.63) is 50.7 Å². The van der Waals surface area contributed by atoms with Crippen molar-refractivity contribution in [2.75, 3.05) is 32.1 Å². The third kappa shape index (κ3) is 3.48. The molecule has 0 atom stereocenters. The lowest BCUT2D eigenvalue weighted by atomic mass is 10.1. The summed E-state index contributed by atoms with van der Waals surface area (Å²) in [5.41, 5.74) is 5.28. The van der Waals surface area contributed by atoms with E-state index in [1.54, 1.807) is 0 Å². The van der Waals surface area contributed by atoms with Gasteiger partial charge in [0, 0.05) is 51.9 Å². The normalized spacial score (nSPS) is 15.0. The second-order valence-corrected chi connectivity index (χ2v) is 6.76. The Labute approximate surface area is 142 Å². The minimum Gasteiger partial charge on any atom is -0.348 e. The quantitative estimate of drug-likeness (QED) is 0.924. The number of aromatic nitrogens is 3. The Bertz CT molecular complexity index is 796. The lowest BCUT2D eigenvalue weighted by Crippen LogP contribution is -2.27. The summed E-state index contributed by atoms with van der Waals surface area (Å²) in [7, 11) is 3.78. The van der Waals surface area contributed by atoms with E-state index in [1.165, 1.54) is 11.1 Å². The zero-order valence-corrected chi connectivity index (χ0v) is 14.9. The van der Waals surface area contributed by atoms with Crippen LogP contribution in [0, 0.1) is 13.8 Å². The van der Waals surface area contributed by atoms with Crippen LogP contribution in [0.2, 0.25) is 0 Å². The standard InChI is InChI=1S/C18H25N5O/c1-12-9-13(2)16(19-10-12)11-23-7-5-14-15(6-8-23)20-18(22(3)4)21-17(14)24/h9-10H,5-8,11H2,1-4H3,(H,20,21,24). The Kier molecular flexibility index (Phi) is 4.66. The van der Waals surface area contributed by atoms with Crippen LogP contribution in [0.15, 0.2) is 17.1 Å². The predicted octanol–water partition coefficient (Wildman–Crippen LogP) is 1.45. The summed E-state index contributed by atoms with van der Waals surface area (Å²) >= 11 is 0. The van der Waals surface area contributed by atoms with Crippen molar-refractivity contribution in [3.63, 3.8) is 0 Å². The van der Waals surface area contributed by atoms with Gasteiger partial charge in [0.25, 0.3) is 5.56 Å². The third-order valence-corrected chi connectivity index (χ3v) is 4.55. The van der Waals surface area contributed by atoms with Gasteiger partial charge in [-0.25, -0.2) is 4.98 Å². The van der Waals surface area contributed by atoms with Crippen molar-refractivity contribution in [1.82, 2.24) is 19.9 Å². The number of aryl methyl sites for hydroxylation is 2. The van der Waals surface area contributed by atoms with E-state index < -0.39 is 0 Å². The van der Waals surface area contributed by atoms with Gasteiger partial charge in [-0.3, -0.25) is 19.7 Å². The van der Waals surface area contributed by atoms with Crippen molar-refractivity contribution in [2.45, 2.75) is 33.2 Å². The van der Waals surface area contributed by atoms with E-state index in [4.69, 9.17) is 0 Å². The van der Waals surface area contributed by atoms with E-state index in [-0.39, 0.29) is 5.56 Å². The van der Waals surface area contributed by atoms with Gasteiger partial charge in [0.1, 0.15) is 0 Å². The first-order chi connectivity index (χ1) is 11.4. The Balaban J connectivity index is 1.78. The van der Waals surface area contributed by atoms with Crippen molar-refractivity contribution < 1.29 is 0 Å². The summed E-state index contributed by atoms with van der Waals surface area (Å²) in [6, 6.07) is 2.17. The van der Waals surface area contributed by atoms with Gasteiger partial charge in [0.05, 0.1) is 11.4 Å². The van der Waals surface area contributed by atoms with Crippen molar-refractivity contribution in [2.24, 2.45) is 0 Å². The van der Waals surface area contributed by atoms with Crippen molar-refractivity contribution in [3.8, 4) is 0 Å². The van der Waals surface area contributed by atoms with Gasteiger partial charge in [-0.15, -0.1) is 0 Å². The highest BCUT2D eigenvalue weighted by atomic mass is 16.1. The van der Waals surface area contributed by atoms with Crippen LogP contribution in [0.4, 0.5) is 5.95 Å². The first kappa shape index (κ1) is 16.6. The van der Waals surface area contributed by atoms with Gasteiger partial charge in [-0.1, -0.05) is 6.07 Å². The maximum atomic E-state index is 12.3. The first-order valence-corrected chi connectivity index (χ1v) is 8.38. The fraction of sp³-hybridized carbons (Fsp3) is 0.500. The predicted molar refractivity (Wildman–Crippen MR) is 95.6 cm³/mol. The molecular formula is C18H25N5O. The Morgan fingerprint density at radius 3 is 2.71 bits per heavy atom. The number of anilines is 1. The first-order valence-electron chi connectivity index (χ1n) is 8.38. The molecule has 1 aliphatic rings. The van der Waals surface area contributed by atoms with Gasteiger partial charge >= 0.3 is 0 Å². The highest BCUT2D eigenvalue weighted by Crippen LogP contribution is 2.16. The number of hydrogen-bond acceptors (Lipinski definition) is 5. The molecule has 1 N–H and O–H groups in total. The Morgan fingerprint density at radius 1 is 1.25 bits per heavy atom. The molecule has 0 aromatic carbocycles. The van der Waals surface area contributed by atoms with E-state index in [0.717, 1.165) is 49.4 Å². The molecule has 6 nitrogen and oxygen atoms in total. The number of fused-ring (bicyclic) bond motifs is 1. The average Bonchev–Trinajstić information content (AvgIpc) is 2.73. The summed E-state index contributed by atoms with van der Waals surface area (Å²) in [6.45, 7) is 6.74. The smallest absolute Gasteiger partial charge is 0.255 e. The zero-order valence-electron chi connectivity index (χ0n) is 14.9. The largest absolute Gasteiger partial charge is 0.348 e. The van der Waals surface area contributed by atoms with E-state index in [0.29, 0.717) is 5.95 Å². The van der Waals surface area contributed by atoms with Crippen LogP contribution in [0.25, 0.3) is 0 Å². The topological polar surface area (TPSA) is 65.1 Å². The SMILES string of the molecule is Cc1cnc(CN2CCc3nc(N(C)C)[nH]c(=O)c3CC2)c(C)c1.